The quantitative estimate of drug-likeness (QED) is 0.134. The van der Waals surface area contributed by atoms with Crippen molar-refractivity contribution in [2.24, 2.45) is 17.6 Å². The van der Waals surface area contributed by atoms with E-state index in [1.54, 1.807) is 26.0 Å². The third-order valence-corrected chi connectivity index (χ3v) is 7.22. The van der Waals surface area contributed by atoms with Gasteiger partial charge in [-0.25, -0.2) is 4.79 Å². The summed E-state index contributed by atoms with van der Waals surface area (Å²) < 4.78 is 0. The highest BCUT2D eigenvalue weighted by Crippen LogP contribution is 2.20. The summed E-state index contributed by atoms with van der Waals surface area (Å²) in [5.41, 5.74) is 6.91. The minimum absolute atomic E-state index is 0.0791. The summed E-state index contributed by atoms with van der Waals surface area (Å²) in [6.45, 7) is 7.44. The molecule has 244 valence electrons. The van der Waals surface area contributed by atoms with E-state index in [2.05, 4.69) is 16.0 Å². The first kappa shape index (κ1) is 36.0. The molecule has 1 saturated heterocycles. The van der Waals surface area contributed by atoms with Crippen LogP contribution in [0.5, 0.6) is 5.75 Å². The Bertz CT molecular complexity index is 1190. The Morgan fingerprint density at radius 2 is 1.41 bits per heavy atom. The molecule has 8 N–H and O–H groups in total. The summed E-state index contributed by atoms with van der Waals surface area (Å²) in [6.07, 6.45) is 0.503. The van der Waals surface area contributed by atoms with E-state index >= 15 is 0 Å². The number of phenols is 1. The number of aliphatic carboxylic acids is 2. The van der Waals surface area contributed by atoms with Crippen LogP contribution in [-0.2, 0) is 35.2 Å². The van der Waals surface area contributed by atoms with Crippen molar-refractivity contribution in [1.82, 2.24) is 20.9 Å². The Balaban J connectivity index is 2.15. The number of aromatic hydroxyl groups is 1. The average molecular weight is 620 g/mol. The molecule has 1 aliphatic heterocycles. The van der Waals surface area contributed by atoms with E-state index < -0.39 is 72.2 Å². The summed E-state index contributed by atoms with van der Waals surface area (Å²) >= 11 is 0. The SMILES string of the molecule is CC(C)C[C@H](NC(=O)[C@H](CC(=O)O)NC(=O)[C@H](CC(C)C)NC(=O)[C@@H]1CCCN1C(=O)[C@@H](N)Cc1ccc(O)cc1)C(=O)O. The molecule has 1 aliphatic rings. The normalized spacial score (nSPS) is 17.4. The number of carbonyl (C=O) groups excluding carboxylic acids is 4. The highest BCUT2D eigenvalue weighted by Gasteiger charge is 2.38. The van der Waals surface area contributed by atoms with Gasteiger partial charge in [0.2, 0.25) is 23.6 Å². The fourth-order valence-corrected chi connectivity index (χ4v) is 5.08. The van der Waals surface area contributed by atoms with Crippen LogP contribution < -0.4 is 21.7 Å². The number of nitrogens with one attached hydrogen (secondary N) is 3. The highest BCUT2D eigenvalue weighted by atomic mass is 16.4. The van der Waals surface area contributed by atoms with Crippen molar-refractivity contribution in [1.29, 1.82) is 0 Å². The maximum Gasteiger partial charge on any atom is 0.326 e. The van der Waals surface area contributed by atoms with Gasteiger partial charge < -0.3 is 41.9 Å². The fourth-order valence-electron chi connectivity index (χ4n) is 5.08. The van der Waals surface area contributed by atoms with Crippen LogP contribution in [0.1, 0.15) is 65.4 Å². The van der Waals surface area contributed by atoms with Gasteiger partial charge in [-0.1, -0.05) is 39.8 Å². The molecule has 0 bridgehead atoms. The molecule has 0 radical (unpaired) electrons. The Labute approximate surface area is 256 Å². The lowest BCUT2D eigenvalue weighted by Crippen LogP contribution is -2.58. The van der Waals surface area contributed by atoms with E-state index in [4.69, 9.17) is 5.73 Å². The number of hydrogen-bond acceptors (Lipinski definition) is 8. The smallest absolute Gasteiger partial charge is 0.326 e. The van der Waals surface area contributed by atoms with Crippen LogP contribution in [0.3, 0.4) is 0 Å². The zero-order chi connectivity index (χ0) is 33.1. The molecule has 1 aromatic carbocycles. The molecule has 0 aliphatic carbocycles. The van der Waals surface area contributed by atoms with Crippen molar-refractivity contribution < 1.29 is 44.1 Å². The van der Waals surface area contributed by atoms with Crippen molar-refractivity contribution in [3.63, 3.8) is 0 Å². The maximum atomic E-state index is 13.4. The monoisotopic (exact) mass is 619 g/mol. The zero-order valence-electron chi connectivity index (χ0n) is 25.6. The van der Waals surface area contributed by atoms with E-state index in [0.29, 0.717) is 19.4 Å². The van der Waals surface area contributed by atoms with E-state index in [1.807, 2.05) is 13.8 Å². The first-order valence-electron chi connectivity index (χ1n) is 14.8. The summed E-state index contributed by atoms with van der Waals surface area (Å²) in [4.78, 5) is 77.4. The second-order valence-corrected chi connectivity index (χ2v) is 12.0. The van der Waals surface area contributed by atoms with Crippen LogP contribution >= 0.6 is 0 Å². The molecule has 2 rings (SSSR count). The molecule has 0 aromatic heterocycles. The van der Waals surface area contributed by atoms with Crippen LogP contribution in [0.15, 0.2) is 24.3 Å². The van der Waals surface area contributed by atoms with E-state index in [0.717, 1.165) is 5.56 Å². The molecule has 44 heavy (non-hydrogen) atoms. The van der Waals surface area contributed by atoms with Crippen LogP contribution in [0.25, 0.3) is 0 Å². The van der Waals surface area contributed by atoms with Crippen molar-refractivity contribution in [3.8, 4) is 5.75 Å². The number of rotatable bonds is 16. The Hall–Kier alpha value is -4.20. The number of benzene rings is 1. The molecule has 0 spiro atoms. The number of carboxylic acids is 2. The van der Waals surface area contributed by atoms with Gasteiger partial charge in [0.1, 0.15) is 29.9 Å². The van der Waals surface area contributed by atoms with Gasteiger partial charge in [0.05, 0.1) is 12.5 Å². The largest absolute Gasteiger partial charge is 0.508 e. The Morgan fingerprint density at radius 3 is 1.95 bits per heavy atom. The number of likely N-dealkylation sites (tertiary alicyclic amines) is 1. The second-order valence-electron chi connectivity index (χ2n) is 12.0. The van der Waals surface area contributed by atoms with Gasteiger partial charge in [0.25, 0.3) is 0 Å². The van der Waals surface area contributed by atoms with Crippen LogP contribution in [0, 0.1) is 11.8 Å². The van der Waals surface area contributed by atoms with Gasteiger partial charge in [-0.15, -0.1) is 0 Å². The summed E-state index contributed by atoms with van der Waals surface area (Å²) in [6, 6.07) is 0.395. The van der Waals surface area contributed by atoms with Crippen molar-refractivity contribution in [2.75, 3.05) is 6.54 Å². The summed E-state index contributed by atoms with van der Waals surface area (Å²) in [5.74, 6) is -5.61. The number of nitrogens with two attached hydrogens (primary N) is 1. The van der Waals surface area contributed by atoms with Crippen LogP contribution in [-0.4, -0.2) is 92.5 Å². The molecule has 0 saturated carbocycles. The minimum Gasteiger partial charge on any atom is -0.508 e. The Kier molecular flexibility index (Phi) is 13.6. The number of carboxylic acid groups (broad SMARTS) is 2. The van der Waals surface area contributed by atoms with Gasteiger partial charge in [0, 0.05) is 6.54 Å². The molecule has 5 atom stereocenters. The standard InChI is InChI=1S/C30H45N5O9/c1-16(2)12-21(26(39)32-22(15-25(37)38)27(40)34-23(30(43)44)13-17(3)4)33-28(41)24-6-5-11-35(24)29(42)20(31)14-18-7-9-19(36)10-8-18/h7-10,16-17,20-24,36H,5-6,11-15,31H2,1-4H3,(H,32,39)(H,33,41)(H,34,40)(H,37,38)(H,43,44)/t20-,21-,22-,23-,24-/m0/s1. The molecule has 14 heteroatoms. The number of phenolic OH excluding ortho intramolecular Hbond substituents is 1. The van der Waals surface area contributed by atoms with Crippen LogP contribution in [0.4, 0.5) is 0 Å². The number of carbonyl (C=O) groups is 6. The first-order valence-corrected chi connectivity index (χ1v) is 14.8. The first-order chi connectivity index (χ1) is 20.6. The summed E-state index contributed by atoms with van der Waals surface area (Å²) in [7, 11) is 0. The summed E-state index contributed by atoms with van der Waals surface area (Å²) in [5, 5.41) is 35.7. The Morgan fingerprint density at radius 1 is 0.864 bits per heavy atom. The van der Waals surface area contributed by atoms with Crippen molar-refractivity contribution in [3.05, 3.63) is 29.8 Å². The van der Waals surface area contributed by atoms with Gasteiger partial charge in [-0.3, -0.25) is 24.0 Å². The average Bonchev–Trinajstić information content (AvgIpc) is 3.42. The molecule has 14 nitrogen and oxygen atoms in total. The molecular weight excluding hydrogens is 574 g/mol. The van der Waals surface area contributed by atoms with Gasteiger partial charge in [-0.2, -0.15) is 0 Å². The zero-order valence-corrected chi connectivity index (χ0v) is 25.6. The lowest BCUT2D eigenvalue weighted by molar-refractivity contribution is -0.144. The second kappa shape index (κ2) is 16.6. The predicted molar refractivity (Wildman–Crippen MR) is 159 cm³/mol. The molecular formula is C30H45N5O9. The lowest BCUT2D eigenvalue weighted by atomic mass is 10.0. The lowest BCUT2D eigenvalue weighted by Gasteiger charge is -2.29. The molecule has 1 aromatic rings. The van der Waals surface area contributed by atoms with Gasteiger partial charge >= 0.3 is 11.9 Å². The van der Waals surface area contributed by atoms with E-state index in [9.17, 15) is 44.1 Å². The minimum atomic E-state index is -1.59. The maximum absolute atomic E-state index is 13.4. The highest BCUT2D eigenvalue weighted by molar-refractivity contribution is 5.96. The topological polar surface area (TPSA) is 228 Å². The van der Waals surface area contributed by atoms with E-state index in [-0.39, 0.29) is 36.8 Å². The molecule has 1 heterocycles. The number of hydrogen-bond donors (Lipinski definition) is 7. The third-order valence-electron chi connectivity index (χ3n) is 7.22. The number of nitrogens with zero attached hydrogens (tertiary/aromatic N) is 1. The van der Waals surface area contributed by atoms with E-state index in [1.165, 1.54) is 17.0 Å². The molecule has 1 fully saturated rings. The van der Waals surface area contributed by atoms with Crippen LogP contribution in [0.2, 0.25) is 0 Å². The molecule has 4 amide bonds. The van der Waals surface area contributed by atoms with Crippen molar-refractivity contribution >= 4 is 35.6 Å². The van der Waals surface area contributed by atoms with Gasteiger partial charge in [0.15, 0.2) is 0 Å². The van der Waals surface area contributed by atoms with Gasteiger partial charge in [-0.05, 0) is 61.6 Å². The van der Waals surface area contributed by atoms with Crippen molar-refractivity contribution in [2.45, 2.75) is 96.4 Å². The number of amides is 4. The third kappa shape index (κ3) is 11.1. The molecule has 0 unspecified atom stereocenters. The fraction of sp³-hybridized carbons (Fsp3) is 0.600. The predicted octanol–water partition coefficient (Wildman–Crippen LogP) is 0.359.